The highest BCUT2D eigenvalue weighted by Crippen LogP contribution is 2.53. The summed E-state index contributed by atoms with van der Waals surface area (Å²) in [6.45, 7) is 6.79. The number of fused-ring (bicyclic) bond motifs is 6. The molecule has 8 N–H and O–H groups in total. The van der Waals surface area contributed by atoms with Crippen LogP contribution >= 0.6 is 0 Å². The number of hydrogen-bond acceptors (Lipinski definition) is 20. The van der Waals surface area contributed by atoms with Crippen LogP contribution in [0, 0.1) is 5.92 Å². The standard InChI is InChI=1S/C56H65N7O19/c1-26(2)44(61-36(64)16-19-63-37(65)14-15-38(63)66)51(72)59-27(3)50(71)60-30-12-10-29(11-13-30)25-79-55(74)58-18-17-57-54(73)56(75)23-32-41(48(70)43-42(46(32)68)45(67)31-8-7-9-34(76-5)40(31)47(43)69)35(24-56)81-39-22-33-49(28(4)80-39)82-52-53(77-6)78-21-20-62(33)52/h7-15,26-28,33,35,39,44,49,52-53,68,70,75H,16-25H2,1-6H3,(H,57,73)(H,58,74)(H,59,72)(H,60,71)(H,61,64)/t27-,28-,33-,35-,39-,44-,49+,52+,53-,56-/m0/s1. The van der Waals surface area contributed by atoms with Gasteiger partial charge in [0.1, 0.15) is 47.6 Å². The predicted octanol–water partition coefficient (Wildman–Crippen LogP) is 1.09. The van der Waals surface area contributed by atoms with E-state index in [1.807, 2.05) is 0 Å². The van der Waals surface area contributed by atoms with Crippen molar-refractivity contribution in [2.24, 2.45) is 5.92 Å². The van der Waals surface area contributed by atoms with Gasteiger partial charge < -0.3 is 75.1 Å². The van der Waals surface area contributed by atoms with Crippen molar-refractivity contribution in [3.05, 3.63) is 93.6 Å². The van der Waals surface area contributed by atoms with Gasteiger partial charge in [-0.3, -0.25) is 48.2 Å². The van der Waals surface area contributed by atoms with Crippen molar-refractivity contribution in [2.45, 2.75) is 121 Å². The molecule has 0 radical (unpaired) electrons. The molecule has 10 atom stereocenters. The fraction of sp³-hybridized carbons (Fsp3) is 0.482. The number of methoxy groups -OCH3 is 2. The third kappa shape index (κ3) is 11.8. The molecule has 3 aromatic rings. The number of nitrogens with zero attached hydrogens (tertiary/aromatic N) is 2. The van der Waals surface area contributed by atoms with Gasteiger partial charge >= 0.3 is 6.09 Å². The summed E-state index contributed by atoms with van der Waals surface area (Å²) < 4.78 is 41.3. The maximum atomic E-state index is 14.3. The van der Waals surface area contributed by atoms with Gasteiger partial charge in [0.05, 0.1) is 42.6 Å². The van der Waals surface area contributed by atoms with Gasteiger partial charge in [0.15, 0.2) is 24.6 Å². The molecule has 3 fully saturated rings. The fourth-order valence-corrected chi connectivity index (χ4v) is 11.2. The molecule has 4 heterocycles. The Kier molecular flexibility index (Phi) is 17.4. The molecule has 26 nitrogen and oxygen atoms in total. The number of ether oxygens (including phenoxy) is 7. The van der Waals surface area contributed by atoms with Crippen LogP contribution in [0.4, 0.5) is 10.5 Å². The number of carbonyl (C=O) groups excluding carboxylic acids is 9. The molecule has 0 bridgehead atoms. The summed E-state index contributed by atoms with van der Waals surface area (Å²) in [7, 11) is 2.84. The Balaban J connectivity index is 0.795. The van der Waals surface area contributed by atoms with Crippen molar-refractivity contribution in [2.75, 3.05) is 52.3 Å². The van der Waals surface area contributed by atoms with Gasteiger partial charge in [-0.1, -0.05) is 38.1 Å². The van der Waals surface area contributed by atoms with E-state index in [2.05, 4.69) is 31.5 Å². The first-order valence-electron chi connectivity index (χ1n) is 26.8. The number of ketones is 2. The Labute approximate surface area is 470 Å². The van der Waals surface area contributed by atoms with Gasteiger partial charge in [0, 0.05) is 99.5 Å². The van der Waals surface area contributed by atoms with E-state index in [1.54, 1.807) is 45.0 Å². The van der Waals surface area contributed by atoms with Crippen molar-refractivity contribution in [1.29, 1.82) is 0 Å². The molecule has 0 saturated carbocycles. The first-order chi connectivity index (χ1) is 39.1. The Hall–Kier alpha value is -7.85. The van der Waals surface area contributed by atoms with Crippen LogP contribution in [0.5, 0.6) is 17.2 Å². The van der Waals surface area contributed by atoms with E-state index >= 15 is 0 Å². The van der Waals surface area contributed by atoms with Crippen molar-refractivity contribution < 1.29 is 91.6 Å². The molecule has 7 amide bonds. The molecule has 82 heavy (non-hydrogen) atoms. The molecule has 9 rings (SSSR count). The van der Waals surface area contributed by atoms with Gasteiger partial charge in [0.2, 0.25) is 23.5 Å². The van der Waals surface area contributed by atoms with E-state index in [0.717, 1.165) is 17.1 Å². The minimum absolute atomic E-state index is 0.0672. The minimum Gasteiger partial charge on any atom is -0.507 e. The maximum Gasteiger partial charge on any atom is 0.407 e. The Morgan fingerprint density at radius 1 is 0.854 bits per heavy atom. The molecular weight excluding hydrogens is 1070 g/mol. The number of phenolic OH excluding ortho intramolecular Hbond substituents is 2. The first kappa shape index (κ1) is 58.8. The lowest BCUT2D eigenvalue weighted by atomic mass is 9.72. The quantitative estimate of drug-likeness (QED) is 0.0370. The zero-order chi connectivity index (χ0) is 58.9. The monoisotopic (exact) mass is 1140 g/mol. The van der Waals surface area contributed by atoms with Crippen LogP contribution in [-0.2, 0) is 70.2 Å². The molecule has 0 aromatic heterocycles. The average Bonchev–Trinajstić information content (AvgIpc) is 2.18. The number of anilines is 1. The zero-order valence-electron chi connectivity index (χ0n) is 45.8. The number of rotatable bonds is 19. The number of phenols is 2. The van der Waals surface area contributed by atoms with E-state index in [1.165, 1.54) is 39.3 Å². The molecule has 6 aliphatic rings. The number of benzene rings is 3. The van der Waals surface area contributed by atoms with Crippen LogP contribution in [0.15, 0.2) is 54.6 Å². The molecular formula is C56H65N7O19. The summed E-state index contributed by atoms with van der Waals surface area (Å²) in [5.74, 6) is -7.10. The second-order valence-electron chi connectivity index (χ2n) is 21.1. The molecule has 4 aliphatic heterocycles. The van der Waals surface area contributed by atoms with Crippen molar-refractivity contribution in [3.63, 3.8) is 0 Å². The van der Waals surface area contributed by atoms with Gasteiger partial charge in [-0.15, -0.1) is 0 Å². The third-order valence-corrected chi connectivity index (χ3v) is 15.4. The first-order valence-corrected chi connectivity index (χ1v) is 26.8. The number of imide groups is 1. The number of carbonyl (C=O) groups is 9. The molecule has 3 saturated heterocycles. The van der Waals surface area contributed by atoms with Crippen LogP contribution in [-0.4, -0.2) is 180 Å². The van der Waals surface area contributed by atoms with E-state index in [-0.39, 0.29) is 79.0 Å². The highest BCUT2D eigenvalue weighted by Gasteiger charge is 2.55. The minimum atomic E-state index is -2.37. The molecule has 0 unspecified atom stereocenters. The van der Waals surface area contributed by atoms with Crippen LogP contribution in [0.2, 0.25) is 0 Å². The molecule has 2 aliphatic carbocycles. The second kappa shape index (κ2) is 24.3. The van der Waals surface area contributed by atoms with Gasteiger partial charge in [-0.25, -0.2) is 4.79 Å². The summed E-state index contributed by atoms with van der Waals surface area (Å²) in [6.07, 6.45) is -4.42. The summed E-state index contributed by atoms with van der Waals surface area (Å²) in [6, 6.07) is 8.33. The van der Waals surface area contributed by atoms with Crippen LogP contribution < -0.4 is 31.3 Å². The van der Waals surface area contributed by atoms with Crippen LogP contribution in [0.3, 0.4) is 0 Å². The Morgan fingerprint density at radius 2 is 1.56 bits per heavy atom. The van der Waals surface area contributed by atoms with Crippen LogP contribution in [0.1, 0.15) is 102 Å². The summed E-state index contributed by atoms with van der Waals surface area (Å²) >= 11 is 0. The molecule has 26 heteroatoms. The third-order valence-electron chi connectivity index (χ3n) is 15.4. The molecule has 0 spiro atoms. The van der Waals surface area contributed by atoms with E-state index in [9.17, 15) is 58.5 Å². The van der Waals surface area contributed by atoms with Crippen molar-refractivity contribution >= 4 is 58.8 Å². The molecule has 438 valence electrons. The SMILES string of the molecule is COc1cccc2c1C(=O)c1c(O)c3c(c(O)c1C2=O)C[C@@](O)(C(=O)NCCNC(=O)OCc1ccc(NC(=O)[C@H](C)NC(=O)[C@@H](NC(=O)CCN2C(=O)C=CC2=O)C(C)C)cc1)C[C@@H]3O[C@H]1C[C@H]2[C@H](O[C@@H]3[C@@H](OC)OCCN32)[C@H](C)O1. The lowest BCUT2D eigenvalue weighted by molar-refractivity contribution is -0.256. The number of nitrogens with one attached hydrogen (secondary N) is 5. The number of aromatic hydroxyl groups is 2. The van der Waals surface area contributed by atoms with Crippen molar-refractivity contribution in [3.8, 4) is 17.2 Å². The lowest BCUT2D eigenvalue weighted by Crippen LogP contribution is -2.55. The second-order valence-corrected chi connectivity index (χ2v) is 21.1. The largest absolute Gasteiger partial charge is 0.507 e. The number of amides is 7. The summed E-state index contributed by atoms with van der Waals surface area (Å²) in [5.41, 5.74) is -3.03. The summed E-state index contributed by atoms with van der Waals surface area (Å²) in [5, 5.41) is 49.4. The normalized spacial score (nSPS) is 25.2. The number of morpholine rings is 1. The summed E-state index contributed by atoms with van der Waals surface area (Å²) in [4.78, 5) is 121. The van der Waals surface area contributed by atoms with Crippen molar-refractivity contribution in [1.82, 2.24) is 31.1 Å². The zero-order valence-corrected chi connectivity index (χ0v) is 45.8. The highest BCUT2D eigenvalue weighted by atomic mass is 16.7. The number of aliphatic hydroxyl groups is 1. The molecule has 3 aromatic carbocycles. The van der Waals surface area contributed by atoms with Crippen LogP contribution in [0.25, 0.3) is 0 Å². The Morgan fingerprint density at radius 3 is 2.26 bits per heavy atom. The topological polar surface area (TPSA) is 346 Å². The predicted molar refractivity (Wildman–Crippen MR) is 283 cm³/mol. The van der Waals surface area contributed by atoms with E-state index in [4.69, 9.17) is 33.2 Å². The average molecular weight is 1140 g/mol. The van der Waals surface area contributed by atoms with Gasteiger partial charge in [-0.2, -0.15) is 0 Å². The smallest absolute Gasteiger partial charge is 0.407 e. The van der Waals surface area contributed by atoms with Gasteiger partial charge in [-0.05, 0) is 43.5 Å². The Bertz CT molecular complexity index is 3080. The fourth-order valence-electron chi connectivity index (χ4n) is 11.2. The number of alkyl carbamates (subject to hydrolysis) is 1. The lowest BCUT2D eigenvalue weighted by Gasteiger charge is -2.43. The highest BCUT2D eigenvalue weighted by molar-refractivity contribution is 6.31. The maximum absolute atomic E-state index is 14.3. The van der Waals surface area contributed by atoms with E-state index in [0.29, 0.717) is 24.4 Å². The van der Waals surface area contributed by atoms with Gasteiger partial charge in [0.25, 0.3) is 17.7 Å². The number of hydrogen-bond donors (Lipinski definition) is 8. The van der Waals surface area contributed by atoms with E-state index < -0.39 is 143 Å².